The van der Waals surface area contributed by atoms with E-state index in [-0.39, 0.29) is 18.7 Å². The van der Waals surface area contributed by atoms with Gasteiger partial charge in [0.15, 0.2) is 0 Å². The van der Waals surface area contributed by atoms with Gasteiger partial charge in [-0.2, -0.15) is 0 Å². The highest BCUT2D eigenvalue weighted by molar-refractivity contribution is 5.86. The van der Waals surface area contributed by atoms with Crippen LogP contribution in [0.4, 0.5) is 9.18 Å². The minimum atomic E-state index is -1.43. The molecule has 0 bridgehead atoms. The number of carboxylic acids is 3. The molecule has 0 aliphatic carbocycles. The second-order valence-electron chi connectivity index (χ2n) is 7.04. The molecule has 0 heterocycles. The first-order chi connectivity index (χ1) is 14.6. The second-order valence-corrected chi connectivity index (χ2v) is 7.04. The lowest BCUT2D eigenvalue weighted by molar-refractivity contribution is -0.142. The standard InChI is InChI=1S/C20H28FN3O7/c1-24(20(31)23-15(18(27)28)9-10-17(25)26)16(19(29)30)4-2-3-11-22-12-13-5-7-14(21)8-6-13/h5-8,15-16,22H,2-4,9-12H2,1H3,(H,23,31)(H,25,26)(H,27,28)(H,29,30)/t15-,16-/m0/s1. The van der Waals surface area contributed by atoms with Gasteiger partial charge in [0.1, 0.15) is 17.9 Å². The fourth-order valence-electron chi connectivity index (χ4n) is 2.82. The molecular formula is C20H28FN3O7. The summed E-state index contributed by atoms with van der Waals surface area (Å²) in [5.74, 6) is -4.14. The van der Waals surface area contributed by atoms with Gasteiger partial charge in [-0.05, 0) is 49.9 Å². The van der Waals surface area contributed by atoms with E-state index in [2.05, 4.69) is 10.6 Å². The van der Waals surface area contributed by atoms with Crippen molar-refractivity contribution in [2.45, 2.75) is 50.7 Å². The molecule has 0 saturated carbocycles. The van der Waals surface area contributed by atoms with E-state index in [9.17, 15) is 28.7 Å². The number of nitrogens with one attached hydrogen (secondary N) is 2. The van der Waals surface area contributed by atoms with Gasteiger partial charge in [-0.15, -0.1) is 0 Å². The number of unbranched alkanes of at least 4 members (excludes halogenated alkanes) is 1. The number of hydrogen-bond donors (Lipinski definition) is 5. The molecule has 0 fully saturated rings. The van der Waals surface area contributed by atoms with Crippen LogP contribution in [0.25, 0.3) is 0 Å². The number of likely N-dealkylation sites (N-methyl/N-ethyl adjacent to an activating group) is 1. The summed E-state index contributed by atoms with van der Waals surface area (Å²) in [6.45, 7) is 1.13. The number of hydrogen-bond acceptors (Lipinski definition) is 5. The second kappa shape index (κ2) is 13.2. The Morgan fingerprint density at radius 3 is 2.19 bits per heavy atom. The monoisotopic (exact) mass is 441 g/mol. The molecule has 172 valence electrons. The number of carboxylic acid groups (broad SMARTS) is 3. The van der Waals surface area contributed by atoms with Crippen LogP contribution in [0.15, 0.2) is 24.3 Å². The third-order valence-corrected chi connectivity index (χ3v) is 4.64. The molecule has 1 aromatic rings. The zero-order valence-electron chi connectivity index (χ0n) is 17.2. The fourth-order valence-corrected chi connectivity index (χ4v) is 2.82. The molecule has 5 N–H and O–H groups in total. The summed E-state index contributed by atoms with van der Waals surface area (Å²) >= 11 is 0. The van der Waals surface area contributed by atoms with E-state index in [1.54, 1.807) is 12.1 Å². The number of urea groups is 1. The highest BCUT2D eigenvalue weighted by atomic mass is 19.1. The van der Waals surface area contributed by atoms with Crippen molar-refractivity contribution in [3.63, 3.8) is 0 Å². The van der Waals surface area contributed by atoms with Gasteiger partial charge < -0.3 is 30.9 Å². The molecule has 0 saturated heterocycles. The smallest absolute Gasteiger partial charge is 0.326 e. The number of halogens is 1. The summed E-state index contributed by atoms with van der Waals surface area (Å²) in [5.41, 5.74) is 0.914. The minimum absolute atomic E-state index is 0.157. The van der Waals surface area contributed by atoms with Crippen molar-refractivity contribution in [2.24, 2.45) is 0 Å². The summed E-state index contributed by atoms with van der Waals surface area (Å²) in [7, 11) is 1.25. The van der Waals surface area contributed by atoms with Crippen molar-refractivity contribution >= 4 is 23.9 Å². The maximum absolute atomic E-state index is 12.9. The Kier molecular flexibility index (Phi) is 11.0. The predicted octanol–water partition coefficient (Wildman–Crippen LogP) is 1.50. The van der Waals surface area contributed by atoms with Crippen LogP contribution in [-0.2, 0) is 20.9 Å². The van der Waals surface area contributed by atoms with Gasteiger partial charge in [-0.25, -0.2) is 18.8 Å². The maximum atomic E-state index is 12.9. The van der Waals surface area contributed by atoms with Crippen LogP contribution in [-0.4, -0.2) is 69.8 Å². The third-order valence-electron chi connectivity index (χ3n) is 4.64. The minimum Gasteiger partial charge on any atom is -0.481 e. The quantitative estimate of drug-likeness (QED) is 0.272. The molecule has 31 heavy (non-hydrogen) atoms. The summed E-state index contributed by atoms with van der Waals surface area (Å²) < 4.78 is 12.9. The molecule has 1 rings (SSSR count). The highest BCUT2D eigenvalue weighted by Gasteiger charge is 2.29. The molecule has 10 nitrogen and oxygen atoms in total. The first-order valence-electron chi connectivity index (χ1n) is 9.77. The number of carbonyl (C=O) groups is 4. The number of carbonyl (C=O) groups excluding carboxylic acids is 1. The van der Waals surface area contributed by atoms with E-state index in [0.717, 1.165) is 10.5 Å². The summed E-state index contributed by atoms with van der Waals surface area (Å²) in [4.78, 5) is 46.5. The predicted molar refractivity (Wildman–Crippen MR) is 108 cm³/mol. The largest absolute Gasteiger partial charge is 0.481 e. The van der Waals surface area contributed by atoms with Crippen LogP contribution in [0, 0.1) is 5.82 Å². The van der Waals surface area contributed by atoms with Gasteiger partial charge in [-0.1, -0.05) is 12.1 Å². The summed E-state index contributed by atoms with van der Waals surface area (Å²) in [6.07, 6.45) is 0.517. The average Bonchev–Trinajstić information content (AvgIpc) is 2.70. The Morgan fingerprint density at radius 1 is 1.00 bits per heavy atom. The molecule has 11 heteroatoms. The van der Waals surface area contributed by atoms with Crippen LogP contribution in [0.3, 0.4) is 0 Å². The van der Waals surface area contributed by atoms with Crippen LogP contribution >= 0.6 is 0 Å². The Bertz CT molecular complexity index is 758. The summed E-state index contributed by atoms with van der Waals surface area (Å²) in [5, 5.41) is 32.5. The van der Waals surface area contributed by atoms with Crippen molar-refractivity contribution in [3.05, 3.63) is 35.6 Å². The molecule has 1 aromatic carbocycles. The molecule has 0 spiro atoms. The Labute approximate surface area is 179 Å². The number of rotatable bonds is 14. The van der Waals surface area contributed by atoms with E-state index < -0.39 is 42.4 Å². The lowest BCUT2D eigenvalue weighted by atomic mass is 10.1. The molecule has 0 aliphatic rings. The highest BCUT2D eigenvalue weighted by Crippen LogP contribution is 2.10. The van der Waals surface area contributed by atoms with Crippen molar-refractivity contribution < 1.29 is 38.9 Å². The molecule has 0 aliphatic heterocycles. The van der Waals surface area contributed by atoms with Crippen molar-refractivity contribution in [3.8, 4) is 0 Å². The van der Waals surface area contributed by atoms with Crippen LogP contribution < -0.4 is 10.6 Å². The number of aliphatic carboxylic acids is 3. The van der Waals surface area contributed by atoms with E-state index >= 15 is 0 Å². The van der Waals surface area contributed by atoms with Crippen molar-refractivity contribution in [1.29, 1.82) is 0 Å². The SMILES string of the molecule is CN(C(=O)N[C@@H](CCC(=O)O)C(=O)O)[C@@H](CCCCNCc1ccc(F)cc1)C(=O)O. The lowest BCUT2D eigenvalue weighted by Crippen LogP contribution is -2.52. The Balaban J connectivity index is 2.45. The van der Waals surface area contributed by atoms with Crippen LogP contribution in [0.5, 0.6) is 0 Å². The molecule has 0 aromatic heterocycles. The number of benzene rings is 1. The van der Waals surface area contributed by atoms with Crippen LogP contribution in [0.1, 0.15) is 37.7 Å². The van der Waals surface area contributed by atoms with Gasteiger partial charge >= 0.3 is 23.9 Å². The normalized spacial score (nSPS) is 12.6. The van der Waals surface area contributed by atoms with Gasteiger partial charge in [0, 0.05) is 20.0 Å². The average molecular weight is 441 g/mol. The first-order valence-corrected chi connectivity index (χ1v) is 9.77. The Morgan fingerprint density at radius 2 is 1.65 bits per heavy atom. The van der Waals surface area contributed by atoms with E-state index in [4.69, 9.17) is 10.2 Å². The lowest BCUT2D eigenvalue weighted by Gasteiger charge is -2.26. The van der Waals surface area contributed by atoms with Gasteiger partial charge in [0.25, 0.3) is 0 Å². The van der Waals surface area contributed by atoms with Gasteiger partial charge in [-0.3, -0.25) is 4.79 Å². The molecule has 0 radical (unpaired) electrons. The van der Waals surface area contributed by atoms with Gasteiger partial charge in [0.05, 0.1) is 0 Å². The molecular weight excluding hydrogens is 413 g/mol. The number of nitrogens with zero attached hydrogens (tertiary/aromatic N) is 1. The first kappa shape index (κ1) is 25.8. The third kappa shape index (κ3) is 9.90. The zero-order valence-corrected chi connectivity index (χ0v) is 17.2. The van der Waals surface area contributed by atoms with E-state index in [0.29, 0.717) is 25.9 Å². The van der Waals surface area contributed by atoms with Crippen molar-refractivity contribution in [1.82, 2.24) is 15.5 Å². The topological polar surface area (TPSA) is 156 Å². The fraction of sp³-hybridized carbons (Fsp3) is 0.500. The number of amides is 2. The Hall–Kier alpha value is -3.21. The zero-order chi connectivity index (χ0) is 23.4. The molecule has 2 amide bonds. The van der Waals surface area contributed by atoms with E-state index in [1.807, 2.05) is 0 Å². The van der Waals surface area contributed by atoms with Crippen LogP contribution in [0.2, 0.25) is 0 Å². The van der Waals surface area contributed by atoms with Crippen molar-refractivity contribution in [2.75, 3.05) is 13.6 Å². The maximum Gasteiger partial charge on any atom is 0.326 e. The van der Waals surface area contributed by atoms with Gasteiger partial charge in [0.2, 0.25) is 0 Å². The molecule has 0 unspecified atom stereocenters. The molecule has 2 atom stereocenters. The summed E-state index contributed by atoms with van der Waals surface area (Å²) in [6, 6.07) is 2.56. The van der Waals surface area contributed by atoms with E-state index in [1.165, 1.54) is 19.2 Å².